The second-order valence-corrected chi connectivity index (χ2v) is 8.34. The summed E-state index contributed by atoms with van der Waals surface area (Å²) in [5.41, 5.74) is -0.242. The van der Waals surface area contributed by atoms with Gasteiger partial charge in [0.1, 0.15) is 0 Å². The van der Waals surface area contributed by atoms with Gasteiger partial charge in [0.05, 0.1) is 5.41 Å². The van der Waals surface area contributed by atoms with Gasteiger partial charge in [-0.25, -0.2) is 0 Å². The van der Waals surface area contributed by atoms with Crippen molar-refractivity contribution in [3.8, 4) is 0 Å². The van der Waals surface area contributed by atoms with Gasteiger partial charge in [-0.3, -0.25) is 9.79 Å². The molecule has 2 aliphatic rings. The van der Waals surface area contributed by atoms with E-state index in [1.165, 1.54) is 6.42 Å². The molecule has 0 spiro atoms. The third-order valence-electron chi connectivity index (χ3n) is 5.11. The van der Waals surface area contributed by atoms with Crippen molar-refractivity contribution in [2.24, 2.45) is 10.4 Å². The highest BCUT2D eigenvalue weighted by molar-refractivity contribution is 8.00. The number of hydrogen-bond acceptors (Lipinski definition) is 3. The lowest BCUT2D eigenvalue weighted by atomic mass is 9.84. The van der Waals surface area contributed by atoms with Crippen LogP contribution in [-0.4, -0.2) is 73.4 Å². The van der Waals surface area contributed by atoms with Crippen LogP contribution < -0.4 is 5.32 Å². The van der Waals surface area contributed by atoms with Gasteiger partial charge in [0.15, 0.2) is 5.96 Å². The Labute approximate surface area is 145 Å². The summed E-state index contributed by atoms with van der Waals surface area (Å²) in [6.07, 6.45) is 5.47. The summed E-state index contributed by atoms with van der Waals surface area (Å²) in [6, 6.07) is 0. The van der Waals surface area contributed by atoms with Crippen LogP contribution in [0, 0.1) is 5.41 Å². The van der Waals surface area contributed by atoms with Crippen molar-refractivity contribution in [1.82, 2.24) is 15.1 Å². The Morgan fingerprint density at radius 3 is 2.65 bits per heavy atom. The summed E-state index contributed by atoms with van der Waals surface area (Å²) in [5.74, 6) is 2.38. The number of rotatable bonds is 4. The van der Waals surface area contributed by atoms with Crippen LogP contribution in [0.1, 0.15) is 39.0 Å². The van der Waals surface area contributed by atoms with Crippen molar-refractivity contribution in [1.29, 1.82) is 0 Å². The molecule has 6 heteroatoms. The summed E-state index contributed by atoms with van der Waals surface area (Å²) < 4.78 is 0. The molecule has 1 N–H and O–H groups in total. The van der Waals surface area contributed by atoms with Crippen LogP contribution in [0.4, 0.5) is 0 Å². The van der Waals surface area contributed by atoms with E-state index in [2.05, 4.69) is 33.9 Å². The van der Waals surface area contributed by atoms with Crippen LogP contribution in [0.5, 0.6) is 0 Å². The Bertz CT molecular complexity index is 432. The van der Waals surface area contributed by atoms with Crippen LogP contribution in [0.2, 0.25) is 0 Å². The molecule has 0 aromatic rings. The predicted molar refractivity (Wildman–Crippen MR) is 99.1 cm³/mol. The maximum absolute atomic E-state index is 12.7. The van der Waals surface area contributed by atoms with Crippen molar-refractivity contribution in [3.63, 3.8) is 0 Å². The molecule has 5 nitrogen and oxygen atoms in total. The lowest BCUT2D eigenvalue weighted by Gasteiger charge is -2.36. The molecule has 1 saturated carbocycles. The van der Waals surface area contributed by atoms with Crippen molar-refractivity contribution in [2.45, 2.75) is 44.3 Å². The van der Waals surface area contributed by atoms with E-state index >= 15 is 0 Å². The zero-order valence-corrected chi connectivity index (χ0v) is 15.9. The molecule has 1 heterocycles. The summed E-state index contributed by atoms with van der Waals surface area (Å²) >= 11 is 2.06. The van der Waals surface area contributed by atoms with Gasteiger partial charge in [-0.15, -0.1) is 0 Å². The molecule has 2 fully saturated rings. The molecule has 2 rings (SSSR count). The maximum Gasteiger partial charge on any atom is 0.230 e. The lowest BCUT2D eigenvalue weighted by Crippen LogP contribution is -2.52. The van der Waals surface area contributed by atoms with Gasteiger partial charge in [-0.05, 0) is 19.3 Å². The fraction of sp³-hybridized carbons (Fsp3) is 0.882. The average molecular weight is 341 g/mol. The number of thioether (sulfide) groups is 1. The first-order valence-electron chi connectivity index (χ1n) is 8.81. The maximum atomic E-state index is 12.7. The summed E-state index contributed by atoms with van der Waals surface area (Å²) in [6.45, 7) is 5.04. The van der Waals surface area contributed by atoms with Gasteiger partial charge in [-0.2, -0.15) is 11.8 Å². The fourth-order valence-electron chi connectivity index (χ4n) is 3.73. The highest BCUT2D eigenvalue weighted by atomic mass is 32.2. The number of guanidine groups is 1. The third-order valence-corrected chi connectivity index (χ3v) is 6.48. The van der Waals surface area contributed by atoms with E-state index in [1.54, 1.807) is 4.90 Å². The topological polar surface area (TPSA) is 47.9 Å². The van der Waals surface area contributed by atoms with E-state index in [1.807, 2.05) is 21.1 Å². The largest absolute Gasteiger partial charge is 0.355 e. The van der Waals surface area contributed by atoms with Gasteiger partial charge in [0.25, 0.3) is 0 Å². The van der Waals surface area contributed by atoms with Crippen LogP contribution in [0.3, 0.4) is 0 Å². The molecule has 1 atom stereocenters. The van der Waals surface area contributed by atoms with Crippen LogP contribution in [0.25, 0.3) is 0 Å². The molecule has 0 aromatic heterocycles. The first kappa shape index (κ1) is 18.4. The van der Waals surface area contributed by atoms with Crippen LogP contribution >= 0.6 is 11.8 Å². The second-order valence-electron chi connectivity index (χ2n) is 6.93. The van der Waals surface area contributed by atoms with Gasteiger partial charge in [-0.1, -0.05) is 19.8 Å². The summed E-state index contributed by atoms with van der Waals surface area (Å²) in [7, 11) is 5.58. The molecule has 23 heavy (non-hydrogen) atoms. The zero-order chi connectivity index (χ0) is 16.9. The standard InChI is InChI=1S/C17H32N4OS/c1-5-14-12-21(10-11-23-14)16(18-2)19-13-17(8-6-7-9-17)15(22)20(3)4/h14H,5-13H2,1-4H3,(H,18,19). The van der Waals surface area contributed by atoms with E-state index in [4.69, 9.17) is 0 Å². The monoisotopic (exact) mass is 340 g/mol. The van der Waals surface area contributed by atoms with E-state index in [0.29, 0.717) is 11.8 Å². The first-order chi connectivity index (χ1) is 11.0. The molecule has 0 aromatic carbocycles. The van der Waals surface area contributed by atoms with E-state index in [0.717, 1.165) is 50.5 Å². The van der Waals surface area contributed by atoms with E-state index in [9.17, 15) is 4.79 Å². The Morgan fingerprint density at radius 1 is 1.39 bits per heavy atom. The Hall–Kier alpha value is -0.910. The predicted octanol–water partition coefficient (Wildman–Crippen LogP) is 2.04. The quantitative estimate of drug-likeness (QED) is 0.628. The van der Waals surface area contributed by atoms with E-state index < -0.39 is 0 Å². The Balaban J connectivity index is 2.00. The minimum absolute atomic E-state index is 0.242. The molecule has 1 aliphatic carbocycles. The molecule has 1 unspecified atom stereocenters. The third kappa shape index (κ3) is 4.34. The molecule has 1 saturated heterocycles. The Kier molecular flexibility index (Phi) is 6.62. The van der Waals surface area contributed by atoms with Crippen molar-refractivity contribution in [2.75, 3.05) is 46.5 Å². The van der Waals surface area contributed by atoms with Crippen molar-refractivity contribution >= 4 is 23.6 Å². The molecule has 0 radical (unpaired) electrons. The van der Waals surface area contributed by atoms with Gasteiger partial charge in [0.2, 0.25) is 5.91 Å². The minimum atomic E-state index is -0.242. The fourth-order valence-corrected chi connectivity index (χ4v) is 4.91. The number of nitrogens with one attached hydrogen (secondary N) is 1. The highest BCUT2D eigenvalue weighted by Crippen LogP contribution is 2.39. The number of nitrogens with zero attached hydrogens (tertiary/aromatic N) is 3. The minimum Gasteiger partial charge on any atom is -0.355 e. The SMILES string of the molecule is CCC1CN(C(=NC)NCC2(C(=O)N(C)C)CCCC2)CCS1. The van der Waals surface area contributed by atoms with Crippen molar-refractivity contribution in [3.05, 3.63) is 0 Å². The molecule has 1 aliphatic heterocycles. The zero-order valence-electron chi connectivity index (χ0n) is 15.1. The highest BCUT2D eigenvalue weighted by Gasteiger charge is 2.42. The molecular formula is C17H32N4OS. The summed E-state index contributed by atoms with van der Waals surface area (Å²) in [4.78, 5) is 21.3. The molecule has 132 valence electrons. The molecular weight excluding hydrogens is 308 g/mol. The van der Waals surface area contributed by atoms with Crippen LogP contribution in [0.15, 0.2) is 4.99 Å². The number of carbonyl (C=O) groups is 1. The number of carbonyl (C=O) groups excluding carboxylic acids is 1. The number of hydrogen-bond donors (Lipinski definition) is 1. The normalized spacial score (nSPS) is 24.6. The van der Waals surface area contributed by atoms with Crippen LogP contribution in [-0.2, 0) is 4.79 Å². The van der Waals surface area contributed by atoms with Gasteiger partial charge >= 0.3 is 0 Å². The molecule has 0 bridgehead atoms. The molecule has 1 amide bonds. The van der Waals surface area contributed by atoms with Gasteiger partial charge in [0, 0.05) is 51.8 Å². The number of aliphatic imine (C=N–C) groups is 1. The number of amides is 1. The van der Waals surface area contributed by atoms with E-state index in [-0.39, 0.29) is 11.3 Å². The second kappa shape index (κ2) is 8.27. The van der Waals surface area contributed by atoms with Gasteiger partial charge < -0.3 is 15.1 Å². The van der Waals surface area contributed by atoms with Crippen molar-refractivity contribution < 1.29 is 4.79 Å². The summed E-state index contributed by atoms with van der Waals surface area (Å²) in [5, 5.41) is 4.21. The average Bonchev–Trinajstić information content (AvgIpc) is 3.05. The first-order valence-corrected chi connectivity index (χ1v) is 9.86. The smallest absolute Gasteiger partial charge is 0.230 e. The Morgan fingerprint density at radius 2 is 2.09 bits per heavy atom. The lowest BCUT2D eigenvalue weighted by molar-refractivity contribution is -0.138.